The monoisotopic (exact) mass is 290 g/mol. The predicted molar refractivity (Wildman–Crippen MR) is 78.9 cm³/mol. The van der Waals surface area contributed by atoms with Crippen molar-refractivity contribution in [3.63, 3.8) is 0 Å². The highest BCUT2D eigenvalue weighted by Gasteiger charge is 2.31. The second kappa shape index (κ2) is 10.1. The van der Waals surface area contributed by atoms with Gasteiger partial charge in [-0.2, -0.15) is 0 Å². The highest BCUT2D eigenvalue weighted by atomic mass is 16.5. The quantitative estimate of drug-likeness (QED) is 0.520. The van der Waals surface area contributed by atoms with Crippen LogP contribution >= 0.6 is 0 Å². The molecule has 0 rings (SSSR count). The first-order chi connectivity index (χ1) is 9.35. The minimum atomic E-state index is -1.21. The third-order valence-electron chi connectivity index (χ3n) is 3.29. The van der Waals surface area contributed by atoms with Gasteiger partial charge in [0.1, 0.15) is 5.54 Å². The van der Waals surface area contributed by atoms with Crippen molar-refractivity contribution < 1.29 is 19.4 Å². The van der Waals surface area contributed by atoms with Gasteiger partial charge < -0.3 is 20.3 Å². The normalized spacial score (nSPS) is 16.1. The third-order valence-corrected chi connectivity index (χ3v) is 3.29. The van der Waals surface area contributed by atoms with Crippen LogP contribution < -0.4 is 5.73 Å². The Morgan fingerprint density at radius 1 is 1.25 bits per heavy atom. The van der Waals surface area contributed by atoms with Gasteiger partial charge in [-0.3, -0.25) is 9.69 Å². The van der Waals surface area contributed by atoms with Gasteiger partial charge in [0.25, 0.3) is 0 Å². The highest BCUT2D eigenvalue weighted by Crippen LogP contribution is 2.14. The lowest BCUT2D eigenvalue weighted by Crippen LogP contribution is -2.51. The van der Waals surface area contributed by atoms with Gasteiger partial charge in [-0.15, -0.1) is 0 Å². The van der Waals surface area contributed by atoms with Crippen LogP contribution in [0.25, 0.3) is 0 Å². The molecule has 2 atom stereocenters. The van der Waals surface area contributed by atoms with Gasteiger partial charge in [0.15, 0.2) is 0 Å². The Bertz CT molecular complexity index is 262. The summed E-state index contributed by atoms with van der Waals surface area (Å²) in [6, 6.07) is 0.0574. The van der Waals surface area contributed by atoms with Crippen LogP contribution in [-0.4, -0.2) is 67.1 Å². The van der Waals surface area contributed by atoms with E-state index < -0.39 is 11.5 Å². The number of carboxylic acids is 1. The van der Waals surface area contributed by atoms with Gasteiger partial charge in [-0.05, 0) is 34.1 Å². The zero-order chi connectivity index (χ0) is 15.6. The number of hydrogen-bond acceptors (Lipinski definition) is 5. The molecular formula is C14H30N2O4. The van der Waals surface area contributed by atoms with Gasteiger partial charge >= 0.3 is 5.97 Å². The average Bonchev–Trinajstić information content (AvgIpc) is 2.36. The van der Waals surface area contributed by atoms with Crippen LogP contribution in [0.2, 0.25) is 0 Å². The molecule has 0 fully saturated rings. The molecule has 3 N–H and O–H groups in total. The summed E-state index contributed by atoms with van der Waals surface area (Å²) >= 11 is 0. The Kier molecular flexibility index (Phi) is 9.75. The van der Waals surface area contributed by atoms with Crippen molar-refractivity contribution in [3.8, 4) is 0 Å². The molecule has 0 aliphatic rings. The third kappa shape index (κ3) is 7.79. The second-order valence-electron chi connectivity index (χ2n) is 5.21. The molecule has 0 spiro atoms. The minimum absolute atomic E-state index is 0.0574. The molecule has 2 unspecified atom stereocenters. The minimum Gasteiger partial charge on any atom is -0.480 e. The molecular weight excluding hydrogens is 260 g/mol. The van der Waals surface area contributed by atoms with Crippen LogP contribution in [0.15, 0.2) is 0 Å². The Morgan fingerprint density at radius 3 is 2.05 bits per heavy atom. The first kappa shape index (κ1) is 19.3. The molecule has 120 valence electrons. The van der Waals surface area contributed by atoms with Crippen LogP contribution in [0.4, 0.5) is 0 Å². The van der Waals surface area contributed by atoms with E-state index in [-0.39, 0.29) is 6.04 Å². The van der Waals surface area contributed by atoms with Crippen molar-refractivity contribution in [2.75, 3.05) is 39.5 Å². The fourth-order valence-corrected chi connectivity index (χ4v) is 2.03. The number of ether oxygens (including phenoxy) is 2. The number of nitrogens with two attached hydrogens (primary N) is 1. The van der Waals surface area contributed by atoms with E-state index in [4.69, 9.17) is 20.3 Å². The molecule has 0 saturated carbocycles. The van der Waals surface area contributed by atoms with Gasteiger partial charge in [-0.1, -0.05) is 0 Å². The summed E-state index contributed by atoms with van der Waals surface area (Å²) in [6.45, 7) is 11.6. The van der Waals surface area contributed by atoms with Crippen LogP contribution in [-0.2, 0) is 14.3 Å². The fourth-order valence-electron chi connectivity index (χ4n) is 2.03. The number of nitrogens with zero attached hydrogens (tertiary/aromatic N) is 1. The second-order valence-corrected chi connectivity index (χ2v) is 5.21. The Morgan fingerprint density at radius 2 is 1.70 bits per heavy atom. The molecule has 6 nitrogen and oxygen atoms in total. The van der Waals surface area contributed by atoms with E-state index in [2.05, 4.69) is 4.90 Å². The van der Waals surface area contributed by atoms with E-state index in [9.17, 15) is 4.79 Å². The molecule has 0 heterocycles. The van der Waals surface area contributed by atoms with Gasteiger partial charge in [-0.25, -0.2) is 0 Å². The maximum atomic E-state index is 11.1. The number of aliphatic carboxylic acids is 1. The maximum absolute atomic E-state index is 11.1. The highest BCUT2D eigenvalue weighted by molar-refractivity contribution is 5.77. The Labute approximate surface area is 122 Å². The molecule has 6 heteroatoms. The number of carbonyl (C=O) groups is 1. The van der Waals surface area contributed by atoms with E-state index in [1.165, 1.54) is 0 Å². The zero-order valence-electron chi connectivity index (χ0n) is 13.2. The lowest BCUT2D eigenvalue weighted by atomic mass is 9.94. The van der Waals surface area contributed by atoms with E-state index in [0.717, 1.165) is 13.1 Å². The van der Waals surface area contributed by atoms with E-state index in [1.54, 1.807) is 6.92 Å². The van der Waals surface area contributed by atoms with Crippen molar-refractivity contribution >= 4 is 5.97 Å². The van der Waals surface area contributed by atoms with Gasteiger partial charge in [0.2, 0.25) is 0 Å². The molecule has 0 bridgehead atoms. The van der Waals surface area contributed by atoms with Crippen molar-refractivity contribution in [1.29, 1.82) is 0 Å². The van der Waals surface area contributed by atoms with Crippen molar-refractivity contribution in [2.24, 2.45) is 5.73 Å². The summed E-state index contributed by atoms with van der Waals surface area (Å²) in [6.07, 6.45) is 0.389. The summed E-state index contributed by atoms with van der Waals surface area (Å²) < 4.78 is 10.7. The lowest BCUT2D eigenvalue weighted by molar-refractivity contribution is -0.143. The van der Waals surface area contributed by atoms with Crippen molar-refractivity contribution in [3.05, 3.63) is 0 Å². The summed E-state index contributed by atoms with van der Waals surface area (Å²) in [5, 5.41) is 9.11. The number of rotatable bonds is 12. The summed E-state index contributed by atoms with van der Waals surface area (Å²) in [4.78, 5) is 13.3. The molecule has 0 aliphatic carbocycles. The molecule has 0 radical (unpaired) electrons. The van der Waals surface area contributed by atoms with Crippen LogP contribution in [0, 0.1) is 0 Å². The van der Waals surface area contributed by atoms with Crippen LogP contribution in [0.3, 0.4) is 0 Å². The number of carboxylic acid groups (broad SMARTS) is 1. The predicted octanol–water partition coefficient (Wildman–Crippen LogP) is 0.942. The Hall–Kier alpha value is -0.690. The first-order valence-corrected chi connectivity index (χ1v) is 7.27. The topological polar surface area (TPSA) is 85.0 Å². The zero-order valence-corrected chi connectivity index (χ0v) is 13.2. The van der Waals surface area contributed by atoms with E-state index in [0.29, 0.717) is 32.8 Å². The van der Waals surface area contributed by atoms with Crippen LogP contribution in [0.5, 0.6) is 0 Å². The molecule has 0 amide bonds. The molecule has 0 aromatic rings. The SMILES string of the molecule is CCOCCN(CCOCC)C(C)CC(C)(N)C(=O)O. The van der Waals surface area contributed by atoms with Gasteiger partial charge in [0.05, 0.1) is 13.2 Å². The summed E-state index contributed by atoms with van der Waals surface area (Å²) in [5.41, 5.74) is 4.61. The smallest absolute Gasteiger partial charge is 0.323 e. The molecule has 0 saturated heterocycles. The fraction of sp³-hybridized carbons (Fsp3) is 0.929. The standard InChI is InChI=1S/C14H30N2O4/c1-5-19-9-7-16(8-10-20-6-2)12(3)11-14(4,15)13(17)18/h12H,5-11,15H2,1-4H3,(H,17,18). The van der Waals surface area contributed by atoms with Crippen LogP contribution in [0.1, 0.15) is 34.1 Å². The molecule has 0 aliphatic heterocycles. The molecule has 0 aromatic heterocycles. The molecule has 0 aromatic carbocycles. The number of hydrogen-bond donors (Lipinski definition) is 2. The average molecular weight is 290 g/mol. The Balaban J connectivity index is 4.44. The molecule has 20 heavy (non-hydrogen) atoms. The van der Waals surface area contributed by atoms with E-state index >= 15 is 0 Å². The summed E-state index contributed by atoms with van der Waals surface area (Å²) in [5.74, 6) is -0.973. The van der Waals surface area contributed by atoms with Gasteiger partial charge in [0, 0.05) is 32.3 Å². The maximum Gasteiger partial charge on any atom is 0.323 e. The van der Waals surface area contributed by atoms with Crippen molar-refractivity contribution in [1.82, 2.24) is 4.90 Å². The largest absolute Gasteiger partial charge is 0.480 e. The van der Waals surface area contributed by atoms with E-state index in [1.807, 2.05) is 20.8 Å². The van der Waals surface area contributed by atoms with Crippen molar-refractivity contribution in [2.45, 2.75) is 45.7 Å². The lowest BCUT2D eigenvalue weighted by Gasteiger charge is -2.33. The summed E-state index contributed by atoms with van der Waals surface area (Å²) in [7, 11) is 0. The first-order valence-electron chi connectivity index (χ1n) is 7.27.